The second kappa shape index (κ2) is 5.30. The molecule has 92 valence electrons. The smallest absolute Gasteiger partial charge is 0.345 e. The van der Waals surface area contributed by atoms with E-state index in [1.807, 2.05) is 0 Å². The third-order valence-corrected chi connectivity index (χ3v) is 2.76. The van der Waals surface area contributed by atoms with Crippen LogP contribution in [-0.4, -0.2) is 36.0 Å². The summed E-state index contributed by atoms with van der Waals surface area (Å²) >= 11 is 0.995. The van der Waals surface area contributed by atoms with Crippen LogP contribution in [0.5, 0.6) is 0 Å². The fourth-order valence-corrected chi connectivity index (χ4v) is 1.97. The number of carbonyl (C=O) groups excluding carboxylic acids is 2. The molecule has 0 fully saturated rings. The quantitative estimate of drug-likeness (QED) is 0.616. The van der Waals surface area contributed by atoms with E-state index in [4.69, 9.17) is 16.6 Å². The number of hydrogen-bond donors (Lipinski definition) is 3. The highest BCUT2D eigenvalue weighted by Crippen LogP contribution is 2.22. The van der Waals surface area contributed by atoms with Crippen molar-refractivity contribution in [3.63, 3.8) is 0 Å². The Bertz CT molecular complexity index is 441. The van der Waals surface area contributed by atoms with E-state index in [9.17, 15) is 14.4 Å². The summed E-state index contributed by atoms with van der Waals surface area (Å²) in [6.45, 7) is -0.391. The first-order valence-electron chi connectivity index (χ1n) is 4.53. The standard InChI is InChI=1S/C9H11N3O4S/c10-7(13)2-12(3-8(11)14)5-1-6(9(15)16)17-4-5/h1,4H,2-3H2,(H2,10,13)(H2,11,14)(H,15,16). The van der Waals surface area contributed by atoms with Gasteiger partial charge in [0.15, 0.2) is 0 Å². The second-order valence-corrected chi connectivity index (χ2v) is 4.17. The fraction of sp³-hybridized carbons (Fsp3) is 0.222. The van der Waals surface area contributed by atoms with Crippen LogP contribution < -0.4 is 16.4 Å². The van der Waals surface area contributed by atoms with Crippen LogP contribution in [0.4, 0.5) is 5.69 Å². The molecule has 0 spiro atoms. The van der Waals surface area contributed by atoms with Crippen molar-refractivity contribution in [1.29, 1.82) is 0 Å². The van der Waals surface area contributed by atoms with Gasteiger partial charge in [-0.25, -0.2) is 4.79 Å². The summed E-state index contributed by atoms with van der Waals surface area (Å²) in [6.07, 6.45) is 0. The molecule has 0 saturated heterocycles. The molecular weight excluding hydrogens is 246 g/mol. The minimum atomic E-state index is -1.07. The van der Waals surface area contributed by atoms with Gasteiger partial charge in [-0.3, -0.25) is 9.59 Å². The van der Waals surface area contributed by atoms with Gasteiger partial charge in [0.2, 0.25) is 11.8 Å². The van der Waals surface area contributed by atoms with Gasteiger partial charge in [-0.2, -0.15) is 0 Å². The van der Waals surface area contributed by atoms with Crippen molar-refractivity contribution in [2.45, 2.75) is 0 Å². The van der Waals surface area contributed by atoms with Crippen LogP contribution in [0, 0.1) is 0 Å². The van der Waals surface area contributed by atoms with Crippen molar-refractivity contribution < 1.29 is 19.5 Å². The molecule has 0 bridgehead atoms. The van der Waals surface area contributed by atoms with Crippen LogP contribution in [0.1, 0.15) is 9.67 Å². The van der Waals surface area contributed by atoms with Crippen LogP contribution in [0.2, 0.25) is 0 Å². The van der Waals surface area contributed by atoms with Crippen LogP contribution in [0.25, 0.3) is 0 Å². The molecule has 8 heteroatoms. The molecule has 0 radical (unpaired) electrons. The highest BCUT2D eigenvalue weighted by atomic mass is 32.1. The second-order valence-electron chi connectivity index (χ2n) is 3.26. The molecule has 1 heterocycles. The maximum Gasteiger partial charge on any atom is 0.345 e. The van der Waals surface area contributed by atoms with Gasteiger partial charge in [0.05, 0.1) is 13.1 Å². The van der Waals surface area contributed by atoms with Crippen molar-refractivity contribution in [3.05, 3.63) is 16.3 Å². The Balaban J connectivity index is 2.90. The van der Waals surface area contributed by atoms with Gasteiger partial charge in [-0.05, 0) is 6.07 Å². The number of rotatable bonds is 6. The van der Waals surface area contributed by atoms with Crippen LogP contribution in [0.3, 0.4) is 0 Å². The Kier molecular flexibility index (Phi) is 4.05. The average Bonchev–Trinajstić information content (AvgIpc) is 2.63. The predicted octanol–water partition coefficient (Wildman–Crippen LogP) is -0.777. The number of nitrogens with zero attached hydrogens (tertiary/aromatic N) is 1. The molecule has 0 atom stereocenters. The van der Waals surface area contributed by atoms with E-state index in [1.165, 1.54) is 16.3 Å². The summed E-state index contributed by atoms with van der Waals surface area (Å²) < 4.78 is 0. The van der Waals surface area contributed by atoms with Crippen LogP contribution in [0.15, 0.2) is 11.4 Å². The van der Waals surface area contributed by atoms with E-state index in [0.717, 1.165) is 11.3 Å². The maximum absolute atomic E-state index is 10.8. The topological polar surface area (TPSA) is 127 Å². The number of carbonyl (C=O) groups is 3. The number of thiophene rings is 1. The molecule has 0 unspecified atom stereocenters. The monoisotopic (exact) mass is 257 g/mol. The molecule has 1 aromatic rings. The summed E-state index contributed by atoms with van der Waals surface area (Å²) in [5, 5.41) is 10.3. The molecule has 0 aliphatic carbocycles. The van der Waals surface area contributed by atoms with Crippen LogP contribution >= 0.6 is 11.3 Å². The van der Waals surface area contributed by atoms with Gasteiger partial charge in [-0.15, -0.1) is 11.3 Å². The zero-order chi connectivity index (χ0) is 13.0. The Morgan fingerprint density at radius 2 is 1.76 bits per heavy atom. The van der Waals surface area contributed by atoms with Crippen molar-refractivity contribution in [2.75, 3.05) is 18.0 Å². The van der Waals surface area contributed by atoms with E-state index in [-0.39, 0.29) is 18.0 Å². The number of amides is 2. The number of aromatic carboxylic acids is 1. The molecule has 1 aromatic heterocycles. The Hall–Kier alpha value is -2.09. The number of nitrogens with two attached hydrogens (primary N) is 2. The maximum atomic E-state index is 10.8. The molecule has 0 saturated carbocycles. The van der Waals surface area contributed by atoms with E-state index < -0.39 is 17.8 Å². The summed E-state index contributed by atoms with van der Waals surface area (Å²) in [4.78, 5) is 33.8. The van der Waals surface area contributed by atoms with Crippen molar-refractivity contribution in [3.8, 4) is 0 Å². The third kappa shape index (κ3) is 3.76. The van der Waals surface area contributed by atoms with Gasteiger partial charge in [0.25, 0.3) is 0 Å². The van der Waals surface area contributed by atoms with E-state index in [1.54, 1.807) is 0 Å². The lowest BCUT2D eigenvalue weighted by Gasteiger charge is -2.19. The summed E-state index contributed by atoms with van der Waals surface area (Å²) in [6, 6.07) is 1.36. The molecule has 0 aliphatic heterocycles. The van der Waals surface area contributed by atoms with Gasteiger partial charge in [0.1, 0.15) is 4.88 Å². The molecule has 0 aliphatic rings. The number of hydrogen-bond acceptors (Lipinski definition) is 5. The molecule has 7 nitrogen and oxygen atoms in total. The number of primary amides is 2. The molecule has 0 aromatic carbocycles. The first kappa shape index (κ1) is 13.0. The summed E-state index contributed by atoms with van der Waals surface area (Å²) in [5.41, 5.74) is 10.5. The average molecular weight is 257 g/mol. The van der Waals surface area contributed by atoms with Crippen molar-refractivity contribution in [1.82, 2.24) is 0 Å². The van der Waals surface area contributed by atoms with Crippen molar-refractivity contribution >= 4 is 34.8 Å². The molecule has 17 heavy (non-hydrogen) atoms. The normalized spacial score (nSPS) is 9.88. The SMILES string of the molecule is NC(=O)CN(CC(N)=O)c1csc(C(=O)O)c1. The van der Waals surface area contributed by atoms with Gasteiger partial charge in [0, 0.05) is 11.1 Å². The minimum absolute atomic E-state index is 0.110. The van der Waals surface area contributed by atoms with Crippen molar-refractivity contribution in [2.24, 2.45) is 11.5 Å². The predicted molar refractivity (Wildman–Crippen MR) is 61.9 cm³/mol. The largest absolute Gasteiger partial charge is 0.477 e. The molecular formula is C9H11N3O4S. The van der Waals surface area contributed by atoms with E-state index in [2.05, 4.69) is 0 Å². The number of carboxylic acids is 1. The number of carboxylic acid groups (broad SMARTS) is 1. The van der Waals surface area contributed by atoms with E-state index >= 15 is 0 Å². The van der Waals surface area contributed by atoms with E-state index in [0.29, 0.717) is 5.69 Å². The fourth-order valence-electron chi connectivity index (χ4n) is 1.22. The Labute approximate surface area is 101 Å². The third-order valence-electron chi connectivity index (χ3n) is 1.85. The highest BCUT2D eigenvalue weighted by molar-refractivity contribution is 7.12. The molecule has 1 rings (SSSR count). The molecule has 5 N–H and O–H groups in total. The first-order valence-corrected chi connectivity index (χ1v) is 5.41. The van der Waals surface area contributed by atoms with Gasteiger partial charge in [-0.1, -0.05) is 0 Å². The lowest BCUT2D eigenvalue weighted by Crippen LogP contribution is -2.39. The Morgan fingerprint density at radius 1 is 1.24 bits per heavy atom. The first-order chi connectivity index (χ1) is 7.90. The highest BCUT2D eigenvalue weighted by Gasteiger charge is 2.15. The zero-order valence-electron chi connectivity index (χ0n) is 8.75. The van der Waals surface area contributed by atoms with Gasteiger partial charge < -0.3 is 21.5 Å². The van der Waals surface area contributed by atoms with Gasteiger partial charge >= 0.3 is 5.97 Å². The summed E-state index contributed by atoms with van der Waals surface area (Å²) in [7, 11) is 0. The summed E-state index contributed by atoms with van der Waals surface area (Å²) in [5.74, 6) is -2.33. The zero-order valence-corrected chi connectivity index (χ0v) is 9.57. The molecule has 2 amide bonds. The van der Waals surface area contributed by atoms with Crippen LogP contribution in [-0.2, 0) is 9.59 Å². The lowest BCUT2D eigenvalue weighted by atomic mass is 10.3. The Morgan fingerprint density at radius 3 is 2.12 bits per heavy atom. The minimum Gasteiger partial charge on any atom is -0.477 e. The lowest BCUT2D eigenvalue weighted by molar-refractivity contribution is -0.117. The number of anilines is 1.